The number of benzene rings is 1. The summed E-state index contributed by atoms with van der Waals surface area (Å²) in [5, 5.41) is 8.72. The molecule has 0 aliphatic heterocycles. The molecule has 0 amide bonds. The van der Waals surface area contributed by atoms with E-state index in [1.165, 1.54) is 12.1 Å². The molecule has 0 aliphatic rings. The highest BCUT2D eigenvalue weighted by molar-refractivity contribution is 5.69. The molecule has 19 heavy (non-hydrogen) atoms. The molecule has 102 valence electrons. The monoisotopic (exact) mass is 269 g/mol. The lowest BCUT2D eigenvalue weighted by atomic mass is 10.2. The first-order chi connectivity index (χ1) is 9.01. The molecule has 0 spiro atoms. The zero-order valence-electron chi connectivity index (χ0n) is 10.1. The minimum atomic E-state index is -2.87. The second kappa shape index (κ2) is 7.34. The van der Waals surface area contributed by atoms with Crippen LogP contribution in [-0.2, 0) is 11.3 Å². The van der Waals surface area contributed by atoms with Crippen molar-refractivity contribution >= 4 is 5.97 Å². The molecule has 0 saturated heterocycles. The van der Waals surface area contributed by atoms with E-state index in [-0.39, 0.29) is 18.8 Å². The van der Waals surface area contributed by atoms with Crippen molar-refractivity contribution in [3.8, 4) is 18.1 Å². The number of rotatable bonds is 7. The van der Waals surface area contributed by atoms with Crippen molar-refractivity contribution in [3.63, 3.8) is 0 Å². The lowest BCUT2D eigenvalue weighted by Gasteiger charge is -2.17. The van der Waals surface area contributed by atoms with Gasteiger partial charge in [-0.3, -0.25) is 9.69 Å². The van der Waals surface area contributed by atoms with Gasteiger partial charge in [-0.15, -0.1) is 6.42 Å². The Morgan fingerprint density at radius 2 is 2.05 bits per heavy atom. The number of carboxylic acids is 1. The number of halogens is 2. The SMILES string of the molecule is C#CCN(CC(=O)O)Cc1ccc(OC(F)F)cc1. The zero-order valence-corrected chi connectivity index (χ0v) is 10.1. The molecule has 0 unspecified atom stereocenters. The van der Waals surface area contributed by atoms with Crippen LogP contribution >= 0.6 is 0 Å². The van der Waals surface area contributed by atoms with Crippen LogP contribution in [0.3, 0.4) is 0 Å². The minimum Gasteiger partial charge on any atom is -0.480 e. The summed E-state index contributed by atoms with van der Waals surface area (Å²) in [6, 6.07) is 5.97. The Morgan fingerprint density at radius 1 is 1.42 bits per heavy atom. The first kappa shape index (κ1) is 14.9. The Labute approximate surface area is 109 Å². The van der Waals surface area contributed by atoms with Crippen LogP contribution in [0.2, 0.25) is 0 Å². The van der Waals surface area contributed by atoms with Gasteiger partial charge in [0.1, 0.15) is 5.75 Å². The van der Waals surface area contributed by atoms with Crippen LogP contribution in [0.25, 0.3) is 0 Å². The molecule has 1 aromatic rings. The minimum absolute atomic E-state index is 0.0560. The maximum atomic E-state index is 12.0. The van der Waals surface area contributed by atoms with Gasteiger partial charge in [-0.2, -0.15) is 8.78 Å². The second-order valence-corrected chi connectivity index (χ2v) is 3.77. The van der Waals surface area contributed by atoms with E-state index in [1.54, 1.807) is 17.0 Å². The number of carboxylic acid groups (broad SMARTS) is 1. The fraction of sp³-hybridized carbons (Fsp3) is 0.308. The molecule has 6 heteroatoms. The van der Waals surface area contributed by atoms with Crippen molar-refractivity contribution in [2.24, 2.45) is 0 Å². The van der Waals surface area contributed by atoms with Gasteiger partial charge in [-0.1, -0.05) is 18.1 Å². The molecule has 1 aromatic carbocycles. The summed E-state index contributed by atoms with van der Waals surface area (Å²) < 4.78 is 28.1. The third-order valence-corrected chi connectivity index (χ3v) is 2.23. The molecule has 1 N–H and O–H groups in total. The van der Waals surface area contributed by atoms with Crippen molar-refractivity contribution in [1.29, 1.82) is 0 Å². The third-order valence-electron chi connectivity index (χ3n) is 2.23. The molecule has 0 aliphatic carbocycles. The van der Waals surface area contributed by atoms with Crippen LogP contribution in [0.15, 0.2) is 24.3 Å². The van der Waals surface area contributed by atoms with Gasteiger partial charge in [0.05, 0.1) is 13.1 Å². The molecule has 0 saturated carbocycles. The van der Waals surface area contributed by atoms with Gasteiger partial charge in [0.2, 0.25) is 0 Å². The van der Waals surface area contributed by atoms with Gasteiger partial charge in [0.25, 0.3) is 0 Å². The number of hydrogen-bond acceptors (Lipinski definition) is 3. The standard InChI is InChI=1S/C13H13F2NO3/c1-2-7-16(9-12(17)18)8-10-3-5-11(6-4-10)19-13(14)15/h1,3-6,13H,7-9H2,(H,17,18). The fourth-order valence-corrected chi connectivity index (χ4v) is 1.52. The number of carbonyl (C=O) groups is 1. The number of hydrogen-bond donors (Lipinski definition) is 1. The van der Waals surface area contributed by atoms with E-state index in [0.29, 0.717) is 6.54 Å². The van der Waals surface area contributed by atoms with E-state index >= 15 is 0 Å². The number of ether oxygens (including phenoxy) is 1. The summed E-state index contributed by atoms with van der Waals surface area (Å²) in [5.74, 6) is 1.45. The van der Waals surface area contributed by atoms with Gasteiger partial charge in [-0.25, -0.2) is 0 Å². The molecule has 0 aromatic heterocycles. The normalized spacial score (nSPS) is 10.5. The summed E-state index contributed by atoms with van der Waals surface area (Å²) >= 11 is 0. The Morgan fingerprint density at radius 3 is 2.53 bits per heavy atom. The van der Waals surface area contributed by atoms with Crippen molar-refractivity contribution in [2.75, 3.05) is 13.1 Å². The van der Waals surface area contributed by atoms with Gasteiger partial charge < -0.3 is 9.84 Å². The zero-order chi connectivity index (χ0) is 14.3. The lowest BCUT2D eigenvalue weighted by Crippen LogP contribution is -2.29. The topological polar surface area (TPSA) is 49.8 Å². The molecule has 1 rings (SSSR count). The average molecular weight is 269 g/mol. The fourth-order valence-electron chi connectivity index (χ4n) is 1.52. The summed E-state index contributed by atoms with van der Waals surface area (Å²) in [6.45, 7) is -2.53. The van der Waals surface area contributed by atoms with E-state index in [0.717, 1.165) is 5.56 Å². The highest BCUT2D eigenvalue weighted by Crippen LogP contribution is 2.15. The van der Waals surface area contributed by atoms with Gasteiger partial charge in [0, 0.05) is 6.54 Å². The van der Waals surface area contributed by atoms with E-state index in [9.17, 15) is 13.6 Å². The summed E-state index contributed by atoms with van der Waals surface area (Å²) in [4.78, 5) is 12.2. The van der Waals surface area contributed by atoms with Gasteiger partial charge in [0.15, 0.2) is 0 Å². The molecular formula is C13H13F2NO3. The van der Waals surface area contributed by atoms with Crippen molar-refractivity contribution < 1.29 is 23.4 Å². The van der Waals surface area contributed by atoms with Crippen molar-refractivity contribution in [3.05, 3.63) is 29.8 Å². The van der Waals surface area contributed by atoms with Gasteiger partial charge >= 0.3 is 12.6 Å². The van der Waals surface area contributed by atoms with E-state index < -0.39 is 12.6 Å². The van der Waals surface area contributed by atoms with Gasteiger partial charge in [-0.05, 0) is 17.7 Å². The van der Waals surface area contributed by atoms with E-state index in [4.69, 9.17) is 11.5 Å². The predicted octanol–water partition coefficient (Wildman–Crippen LogP) is 1.81. The Hall–Kier alpha value is -2.13. The quantitative estimate of drug-likeness (QED) is 0.767. The van der Waals surface area contributed by atoms with Crippen LogP contribution in [0.1, 0.15) is 5.56 Å². The molecular weight excluding hydrogens is 256 g/mol. The van der Waals surface area contributed by atoms with Crippen molar-refractivity contribution in [2.45, 2.75) is 13.2 Å². The number of aliphatic carboxylic acids is 1. The summed E-state index contributed by atoms with van der Waals surface area (Å²) in [6.07, 6.45) is 5.15. The van der Waals surface area contributed by atoms with E-state index in [2.05, 4.69) is 10.7 Å². The van der Waals surface area contributed by atoms with Crippen molar-refractivity contribution in [1.82, 2.24) is 4.90 Å². The molecule has 0 fully saturated rings. The van der Waals surface area contributed by atoms with E-state index in [1.807, 2.05) is 0 Å². The maximum Gasteiger partial charge on any atom is 0.387 e. The number of alkyl halides is 2. The molecule has 0 bridgehead atoms. The van der Waals surface area contributed by atoms with Crippen LogP contribution in [0.5, 0.6) is 5.75 Å². The molecule has 0 heterocycles. The second-order valence-electron chi connectivity index (χ2n) is 3.77. The molecule has 0 radical (unpaired) electrons. The van der Waals surface area contributed by atoms with Crippen LogP contribution in [0, 0.1) is 12.3 Å². The average Bonchev–Trinajstić information content (AvgIpc) is 2.30. The predicted molar refractivity (Wildman–Crippen MR) is 64.8 cm³/mol. The largest absolute Gasteiger partial charge is 0.480 e. The molecule has 0 atom stereocenters. The smallest absolute Gasteiger partial charge is 0.387 e. The maximum absolute atomic E-state index is 12.0. The first-order valence-electron chi connectivity index (χ1n) is 5.42. The number of terminal acetylenes is 1. The third kappa shape index (κ3) is 5.84. The highest BCUT2D eigenvalue weighted by atomic mass is 19.3. The Balaban J connectivity index is 2.64. The summed E-state index contributed by atoms with van der Waals surface area (Å²) in [7, 11) is 0. The number of nitrogens with zero attached hydrogens (tertiary/aromatic N) is 1. The Kier molecular flexibility index (Phi) is 5.76. The Bertz CT molecular complexity index is 454. The van der Waals surface area contributed by atoms with Crippen LogP contribution in [0.4, 0.5) is 8.78 Å². The van der Waals surface area contributed by atoms with Crippen LogP contribution < -0.4 is 4.74 Å². The first-order valence-corrected chi connectivity index (χ1v) is 5.42. The molecule has 4 nitrogen and oxygen atoms in total. The lowest BCUT2D eigenvalue weighted by molar-refractivity contribution is -0.138. The highest BCUT2D eigenvalue weighted by Gasteiger charge is 2.09. The van der Waals surface area contributed by atoms with Crippen LogP contribution in [-0.4, -0.2) is 35.7 Å². The summed E-state index contributed by atoms with van der Waals surface area (Å²) in [5.41, 5.74) is 0.762.